The van der Waals surface area contributed by atoms with Crippen LogP contribution in [-0.2, 0) is 16.6 Å². The van der Waals surface area contributed by atoms with Gasteiger partial charge in [0.1, 0.15) is 4.90 Å². The Labute approximate surface area is 113 Å². The Morgan fingerprint density at radius 3 is 2.53 bits per heavy atom. The number of aliphatic hydroxyl groups excluding tert-OH is 1. The number of aryl methyl sites for hydroxylation is 1. The van der Waals surface area contributed by atoms with Crippen molar-refractivity contribution < 1.29 is 13.5 Å². The highest BCUT2D eigenvalue weighted by molar-refractivity contribution is 7.89. The van der Waals surface area contributed by atoms with E-state index in [-0.39, 0.29) is 24.6 Å². The molecule has 0 bridgehead atoms. The van der Waals surface area contributed by atoms with Crippen LogP contribution in [0.1, 0.15) is 6.42 Å². The summed E-state index contributed by atoms with van der Waals surface area (Å²) in [6.07, 6.45) is 6.36. The van der Waals surface area contributed by atoms with Crippen LogP contribution in [0.3, 0.4) is 0 Å². The summed E-state index contributed by atoms with van der Waals surface area (Å²) in [4.78, 5) is 0.133. The maximum atomic E-state index is 12.3. The van der Waals surface area contributed by atoms with Crippen LogP contribution in [0, 0.1) is 0 Å². The molecule has 0 aromatic carbocycles. The minimum absolute atomic E-state index is 0.0427. The Kier molecular flexibility index (Phi) is 5.94. The van der Waals surface area contributed by atoms with Crippen LogP contribution < -0.4 is 0 Å². The Bertz CT molecular complexity index is 512. The predicted molar refractivity (Wildman–Crippen MR) is 73.1 cm³/mol. The molecule has 0 aliphatic carbocycles. The average Bonchev–Trinajstić information content (AvgIpc) is 2.85. The zero-order valence-electron chi connectivity index (χ0n) is 10.8. The van der Waals surface area contributed by atoms with Gasteiger partial charge < -0.3 is 5.11 Å². The summed E-state index contributed by atoms with van der Waals surface area (Å²) in [5.41, 5.74) is 0. The van der Waals surface area contributed by atoms with Crippen LogP contribution >= 0.6 is 0 Å². The Morgan fingerprint density at radius 1 is 1.37 bits per heavy atom. The second kappa shape index (κ2) is 7.22. The molecule has 6 nitrogen and oxygen atoms in total. The van der Waals surface area contributed by atoms with E-state index in [1.807, 2.05) is 0 Å². The Balaban J connectivity index is 2.93. The summed E-state index contributed by atoms with van der Waals surface area (Å²) in [6.45, 7) is 8.05. The van der Waals surface area contributed by atoms with Crippen LogP contribution in [0.15, 0.2) is 42.6 Å². The number of rotatable bonds is 9. The molecule has 0 radical (unpaired) electrons. The quantitative estimate of drug-likeness (QED) is 0.675. The molecule has 1 aromatic rings. The topological polar surface area (TPSA) is 75.4 Å². The summed E-state index contributed by atoms with van der Waals surface area (Å²) < 4.78 is 27.4. The maximum absolute atomic E-state index is 12.3. The smallest absolute Gasteiger partial charge is 0.246 e. The van der Waals surface area contributed by atoms with Gasteiger partial charge in [0.2, 0.25) is 10.0 Å². The molecule has 0 spiro atoms. The van der Waals surface area contributed by atoms with Gasteiger partial charge in [0.05, 0.1) is 6.20 Å². The summed E-state index contributed by atoms with van der Waals surface area (Å²) in [7, 11) is -3.58. The van der Waals surface area contributed by atoms with Crippen molar-refractivity contribution in [3.05, 3.63) is 37.7 Å². The second-order valence-corrected chi connectivity index (χ2v) is 5.85. The molecule has 0 unspecified atom stereocenters. The number of aromatic nitrogens is 2. The lowest BCUT2D eigenvalue weighted by Gasteiger charge is -2.17. The van der Waals surface area contributed by atoms with Crippen LogP contribution in [0.25, 0.3) is 0 Å². The molecule has 0 fully saturated rings. The molecule has 0 aliphatic heterocycles. The zero-order chi connectivity index (χ0) is 14.3. The third kappa shape index (κ3) is 4.02. The SMILES string of the molecule is C=CCN(CC=C)S(=O)(=O)c1cnn(CCCO)c1. The van der Waals surface area contributed by atoms with E-state index in [1.54, 1.807) is 0 Å². The van der Waals surface area contributed by atoms with Gasteiger partial charge in [-0.05, 0) is 6.42 Å². The van der Waals surface area contributed by atoms with Gasteiger partial charge in [0.15, 0.2) is 0 Å². The molecule has 1 N–H and O–H groups in total. The molecular weight excluding hydrogens is 266 g/mol. The first kappa shape index (κ1) is 15.6. The average molecular weight is 285 g/mol. The molecule has 106 valence electrons. The molecule has 0 aliphatic rings. The van der Waals surface area contributed by atoms with Gasteiger partial charge in [-0.2, -0.15) is 9.40 Å². The van der Waals surface area contributed by atoms with Crippen LogP contribution in [0.5, 0.6) is 0 Å². The van der Waals surface area contributed by atoms with E-state index in [1.165, 1.54) is 33.5 Å². The summed E-state index contributed by atoms with van der Waals surface area (Å²) in [6, 6.07) is 0. The fourth-order valence-corrected chi connectivity index (χ4v) is 2.88. The van der Waals surface area contributed by atoms with Crippen molar-refractivity contribution in [1.82, 2.24) is 14.1 Å². The number of hydrogen-bond donors (Lipinski definition) is 1. The third-order valence-electron chi connectivity index (χ3n) is 2.46. The number of nitrogens with zero attached hydrogens (tertiary/aromatic N) is 3. The van der Waals surface area contributed by atoms with E-state index < -0.39 is 10.0 Å². The van der Waals surface area contributed by atoms with E-state index in [4.69, 9.17) is 5.11 Å². The van der Waals surface area contributed by atoms with Gasteiger partial charge in [-0.3, -0.25) is 4.68 Å². The van der Waals surface area contributed by atoms with Gasteiger partial charge in [-0.1, -0.05) is 12.2 Å². The van der Waals surface area contributed by atoms with Crippen molar-refractivity contribution in [2.75, 3.05) is 19.7 Å². The van der Waals surface area contributed by atoms with Gasteiger partial charge in [0, 0.05) is 32.4 Å². The highest BCUT2D eigenvalue weighted by atomic mass is 32.2. The lowest BCUT2D eigenvalue weighted by molar-refractivity contribution is 0.277. The van der Waals surface area contributed by atoms with Crippen LogP contribution in [0.2, 0.25) is 0 Å². The highest BCUT2D eigenvalue weighted by Crippen LogP contribution is 2.14. The first-order chi connectivity index (χ1) is 9.06. The standard InChI is InChI=1S/C12H19N3O3S/c1-3-6-15(7-4-2)19(17,18)12-10-13-14(11-12)8-5-9-16/h3-4,10-11,16H,1-2,5-9H2. The molecule has 0 saturated heterocycles. The molecule has 19 heavy (non-hydrogen) atoms. The zero-order valence-corrected chi connectivity index (χ0v) is 11.6. The Morgan fingerprint density at radius 2 is 2.00 bits per heavy atom. The highest BCUT2D eigenvalue weighted by Gasteiger charge is 2.23. The van der Waals surface area contributed by atoms with Gasteiger partial charge in [-0.25, -0.2) is 8.42 Å². The van der Waals surface area contributed by atoms with Crippen molar-refractivity contribution in [2.24, 2.45) is 0 Å². The molecule has 1 heterocycles. The summed E-state index contributed by atoms with van der Waals surface area (Å²) >= 11 is 0. The van der Waals surface area contributed by atoms with E-state index in [0.29, 0.717) is 13.0 Å². The van der Waals surface area contributed by atoms with Crippen molar-refractivity contribution in [3.63, 3.8) is 0 Å². The van der Waals surface area contributed by atoms with Crippen molar-refractivity contribution in [2.45, 2.75) is 17.9 Å². The molecule has 0 amide bonds. The normalized spacial score (nSPS) is 11.7. The molecule has 0 saturated carbocycles. The molecule has 1 aromatic heterocycles. The second-order valence-electron chi connectivity index (χ2n) is 3.92. The van der Waals surface area contributed by atoms with Crippen molar-refractivity contribution in [1.29, 1.82) is 0 Å². The maximum Gasteiger partial charge on any atom is 0.246 e. The largest absolute Gasteiger partial charge is 0.396 e. The minimum atomic E-state index is -3.58. The number of sulfonamides is 1. The fourth-order valence-electron chi connectivity index (χ4n) is 1.54. The first-order valence-electron chi connectivity index (χ1n) is 5.91. The van der Waals surface area contributed by atoms with Crippen molar-refractivity contribution in [3.8, 4) is 0 Å². The van der Waals surface area contributed by atoms with E-state index >= 15 is 0 Å². The molecule has 1 rings (SSSR count). The Hall–Kier alpha value is -1.44. The van der Waals surface area contributed by atoms with E-state index in [2.05, 4.69) is 18.3 Å². The summed E-state index contributed by atoms with van der Waals surface area (Å²) in [5, 5.41) is 12.7. The first-order valence-corrected chi connectivity index (χ1v) is 7.35. The third-order valence-corrected chi connectivity index (χ3v) is 4.24. The monoisotopic (exact) mass is 285 g/mol. The van der Waals surface area contributed by atoms with Crippen LogP contribution in [0.4, 0.5) is 0 Å². The predicted octanol–water partition coefficient (Wildman–Crippen LogP) is 0.628. The minimum Gasteiger partial charge on any atom is -0.396 e. The van der Waals surface area contributed by atoms with Crippen molar-refractivity contribution >= 4 is 10.0 Å². The molecular formula is C12H19N3O3S. The number of hydrogen-bond acceptors (Lipinski definition) is 4. The fraction of sp³-hybridized carbons (Fsp3) is 0.417. The molecule has 7 heteroatoms. The summed E-state index contributed by atoms with van der Waals surface area (Å²) in [5.74, 6) is 0. The lowest BCUT2D eigenvalue weighted by Crippen LogP contribution is -2.31. The van der Waals surface area contributed by atoms with Crippen LogP contribution in [-0.4, -0.2) is 47.3 Å². The van der Waals surface area contributed by atoms with Gasteiger partial charge in [0.25, 0.3) is 0 Å². The lowest BCUT2D eigenvalue weighted by atomic mass is 10.5. The number of aliphatic hydroxyl groups is 1. The van der Waals surface area contributed by atoms with E-state index in [0.717, 1.165) is 0 Å². The van der Waals surface area contributed by atoms with Gasteiger partial charge >= 0.3 is 0 Å². The van der Waals surface area contributed by atoms with Gasteiger partial charge in [-0.15, -0.1) is 13.2 Å². The molecule has 0 atom stereocenters. The van der Waals surface area contributed by atoms with E-state index in [9.17, 15) is 8.42 Å².